The molecule has 1 unspecified atom stereocenters. The largest absolute Gasteiger partial charge is 0.468 e. The summed E-state index contributed by atoms with van der Waals surface area (Å²) >= 11 is 0. The minimum atomic E-state index is -0.797. The summed E-state index contributed by atoms with van der Waals surface area (Å²) in [4.78, 5) is 16.8. The normalized spacial score (nSPS) is 25.3. The topological polar surface area (TPSA) is 58.8 Å². The maximum Gasteiger partial charge on any atom is 0.327 e. The molecule has 2 rings (SSSR count). The Labute approximate surface area is 116 Å². The summed E-state index contributed by atoms with van der Waals surface area (Å²) in [6.45, 7) is 9.17. The first-order valence-electron chi connectivity index (χ1n) is 7.31. The molecule has 0 radical (unpaired) electrons. The second-order valence-corrected chi connectivity index (χ2v) is 6.21. The number of carbonyl (C=O) groups excluding carboxylic acids is 1. The van der Waals surface area contributed by atoms with Gasteiger partial charge in [0.05, 0.1) is 7.11 Å². The molecule has 19 heavy (non-hydrogen) atoms. The molecule has 0 bridgehead atoms. The standard InChI is InChI=1S/C14H27N3O2/c1-11(2)17-8-6-16(7-9-17)10-14(15,12-4-5-12)13(18)19-3/h11-12H,4-10,15H2,1-3H3. The molecular weight excluding hydrogens is 242 g/mol. The highest BCUT2D eigenvalue weighted by atomic mass is 16.5. The van der Waals surface area contributed by atoms with E-state index in [-0.39, 0.29) is 5.97 Å². The molecule has 2 aliphatic rings. The summed E-state index contributed by atoms with van der Waals surface area (Å²) in [5, 5.41) is 0. The van der Waals surface area contributed by atoms with Gasteiger partial charge in [0.1, 0.15) is 5.54 Å². The number of hydrogen-bond donors (Lipinski definition) is 1. The lowest BCUT2D eigenvalue weighted by Crippen LogP contribution is -2.61. The molecule has 0 spiro atoms. The van der Waals surface area contributed by atoms with Crippen molar-refractivity contribution in [2.24, 2.45) is 11.7 Å². The zero-order valence-corrected chi connectivity index (χ0v) is 12.4. The Morgan fingerprint density at radius 3 is 2.32 bits per heavy atom. The first-order chi connectivity index (χ1) is 8.97. The van der Waals surface area contributed by atoms with Gasteiger partial charge >= 0.3 is 5.97 Å². The molecule has 0 aromatic carbocycles. The van der Waals surface area contributed by atoms with E-state index in [2.05, 4.69) is 23.6 Å². The number of methoxy groups -OCH3 is 1. The van der Waals surface area contributed by atoms with Gasteiger partial charge in [-0.1, -0.05) is 0 Å². The second kappa shape index (κ2) is 5.77. The summed E-state index contributed by atoms with van der Waals surface area (Å²) in [5.74, 6) is 0.0596. The predicted molar refractivity (Wildman–Crippen MR) is 74.8 cm³/mol. The lowest BCUT2D eigenvalue weighted by atomic mass is 9.93. The average molecular weight is 269 g/mol. The summed E-state index contributed by atoms with van der Waals surface area (Å²) < 4.78 is 4.92. The maximum absolute atomic E-state index is 12.0. The summed E-state index contributed by atoms with van der Waals surface area (Å²) in [7, 11) is 1.43. The first-order valence-corrected chi connectivity index (χ1v) is 7.31. The van der Waals surface area contributed by atoms with Crippen LogP contribution in [0.2, 0.25) is 0 Å². The number of nitrogens with two attached hydrogens (primary N) is 1. The fourth-order valence-electron chi connectivity index (χ4n) is 2.96. The Hall–Kier alpha value is -0.650. The van der Waals surface area contributed by atoms with Gasteiger partial charge in [-0.3, -0.25) is 14.6 Å². The monoisotopic (exact) mass is 269 g/mol. The number of rotatable bonds is 5. The SMILES string of the molecule is COC(=O)C(N)(CN1CCN(C(C)C)CC1)C1CC1. The molecule has 0 aromatic rings. The van der Waals surface area contributed by atoms with Crippen molar-refractivity contribution in [3.8, 4) is 0 Å². The van der Waals surface area contributed by atoms with Crippen molar-refractivity contribution in [2.75, 3.05) is 39.8 Å². The van der Waals surface area contributed by atoms with Crippen molar-refractivity contribution < 1.29 is 9.53 Å². The number of nitrogens with zero attached hydrogens (tertiary/aromatic N) is 2. The number of hydrogen-bond acceptors (Lipinski definition) is 5. The molecule has 2 fully saturated rings. The zero-order valence-electron chi connectivity index (χ0n) is 12.4. The van der Waals surface area contributed by atoms with Crippen LogP contribution in [0.25, 0.3) is 0 Å². The van der Waals surface area contributed by atoms with Gasteiger partial charge in [0.15, 0.2) is 0 Å². The molecule has 0 amide bonds. The number of carbonyl (C=O) groups is 1. The molecule has 2 N–H and O–H groups in total. The van der Waals surface area contributed by atoms with E-state index in [1.165, 1.54) is 7.11 Å². The summed E-state index contributed by atoms with van der Waals surface area (Å²) in [6, 6.07) is 0.592. The second-order valence-electron chi connectivity index (χ2n) is 6.21. The van der Waals surface area contributed by atoms with Crippen molar-refractivity contribution in [3.05, 3.63) is 0 Å². The third-order valence-corrected chi connectivity index (χ3v) is 4.49. The molecular formula is C14H27N3O2. The lowest BCUT2D eigenvalue weighted by Gasteiger charge is -2.40. The summed E-state index contributed by atoms with van der Waals surface area (Å²) in [6.07, 6.45) is 2.11. The number of piperazine rings is 1. The van der Waals surface area contributed by atoms with Crippen LogP contribution in [0, 0.1) is 5.92 Å². The fraction of sp³-hybridized carbons (Fsp3) is 0.929. The van der Waals surface area contributed by atoms with Crippen molar-refractivity contribution in [3.63, 3.8) is 0 Å². The predicted octanol–water partition coefficient (Wildman–Crippen LogP) is 0.293. The highest BCUT2D eigenvalue weighted by Gasteiger charge is 2.50. The minimum absolute atomic E-state index is 0.249. The molecule has 1 aliphatic heterocycles. The van der Waals surface area contributed by atoms with Crippen molar-refractivity contribution in [2.45, 2.75) is 38.3 Å². The van der Waals surface area contributed by atoms with Crippen molar-refractivity contribution in [1.29, 1.82) is 0 Å². The number of ether oxygens (including phenoxy) is 1. The quantitative estimate of drug-likeness (QED) is 0.727. The lowest BCUT2D eigenvalue weighted by molar-refractivity contribution is -0.149. The van der Waals surface area contributed by atoms with Gasteiger partial charge in [-0.15, -0.1) is 0 Å². The van der Waals surface area contributed by atoms with E-state index in [1.54, 1.807) is 0 Å². The Kier molecular flexibility index (Phi) is 4.48. The van der Waals surface area contributed by atoms with E-state index in [0.29, 0.717) is 18.5 Å². The molecule has 110 valence electrons. The third kappa shape index (κ3) is 3.27. The van der Waals surface area contributed by atoms with Gasteiger partial charge in [-0.05, 0) is 32.6 Å². The van der Waals surface area contributed by atoms with Crippen LogP contribution >= 0.6 is 0 Å². The Morgan fingerprint density at radius 2 is 1.89 bits per heavy atom. The van der Waals surface area contributed by atoms with E-state index >= 15 is 0 Å². The van der Waals surface area contributed by atoms with Crippen LogP contribution < -0.4 is 5.73 Å². The Morgan fingerprint density at radius 1 is 1.32 bits per heavy atom. The van der Waals surface area contributed by atoms with Crippen molar-refractivity contribution in [1.82, 2.24) is 9.80 Å². The molecule has 1 heterocycles. The molecule has 0 aromatic heterocycles. The molecule has 5 heteroatoms. The average Bonchev–Trinajstić information content (AvgIpc) is 3.22. The van der Waals surface area contributed by atoms with Crippen LogP contribution in [-0.2, 0) is 9.53 Å². The molecule has 1 saturated carbocycles. The summed E-state index contributed by atoms with van der Waals surface area (Å²) in [5.41, 5.74) is 5.56. The van der Waals surface area contributed by atoms with E-state index in [4.69, 9.17) is 10.5 Å². The van der Waals surface area contributed by atoms with Gasteiger partial charge in [-0.2, -0.15) is 0 Å². The van der Waals surface area contributed by atoms with E-state index in [1.807, 2.05) is 0 Å². The van der Waals surface area contributed by atoms with Crippen molar-refractivity contribution >= 4 is 5.97 Å². The van der Waals surface area contributed by atoms with Gasteiger partial charge < -0.3 is 10.5 Å². The van der Waals surface area contributed by atoms with Gasteiger partial charge in [-0.25, -0.2) is 0 Å². The zero-order chi connectivity index (χ0) is 14.0. The maximum atomic E-state index is 12.0. The molecule has 1 aliphatic carbocycles. The fourth-order valence-corrected chi connectivity index (χ4v) is 2.96. The Bertz CT molecular complexity index is 323. The highest BCUT2D eigenvalue weighted by molar-refractivity contribution is 5.81. The first kappa shape index (κ1) is 14.8. The van der Waals surface area contributed by atoms with Gasteiger partial charge in [0.2, 0.25) is 0 Å². The molecule has 1 saturated heterocycles. The smallest absolute Gasteiger partial charge is 0.327 e. The Balaban J connectivity index is 1.91. The highest BCUT2D eigenvalue weighted by Crippen LogP contribution is 2.39. The van der Waals surface area contributed by atoms with E-state index in [9.17, 15) is 4.79 Å². The van der Waals surface area contributed by atoms with Crippen LogP contribution in [0.15, 0.2) is 0 Å². The van der Waals surface area contributed by atoms with Gasteiger partial charge in [0, 0.05) is 38.8 Å². The van der Waals surface area contributed by atoms with Crippen LogP contribution in [0.5, 0.6) is 0 Å². The van der Waals surface area contributed by atoms with E-state index < -0.39 is 5.54 Å². The van der Waals surface area contributed by atoms with Crippen LogP contribution in [-0.4, -0.2) is 67.2 Å². The number of esters is 1. The molecule has 1 atom stereocenters. The van der Waals surface area contributed by atoms with Crippen LogP contribution in [0.3, 0.4) is 0 Å². The van der Waals surface area contributed by atoms with Gasteiger partial charge in [0.25, 0.3) is 0 Å². The van der Waals surface area contributed by atoms with Crippen LogP contribution in [0.1, 0.15) is 26.7 Å². The minimum Gasteiger partial charge on any atom is -0.468 e. The van der Waals surface area contributed by atoms with Crippen LogP contribution in [0.4, 0.5) is 0 Å². The van der Waals surface area contributed by atoms with E-state index in [0.717, 1.165) is 39.0 Å². The molecule has 5 nitrogen and oxygen atoms in total. The third-order valence-electron chi connectivity index (χ3n) is 4.49.